The Hall–Kier alpha value is -1.40. The number of hydrogen-bond donors (Lipinski definition) is 2. The monoisotopic (exact) mass is 251 g/mol. The van der Waals surface area contributed by atoms with E-state index in [1.165, 1.54) is 0 Å². The molecule has 18 heavy (non-hydrogen) atoms. The van der Waals surface area contributed by atoms with Crippen molar-refractivity contribution < 1.29 is 4.79 Å². The predicted octanol–water partition coefficient (Wildman–Crippen LogP) is -0.705. The number of nitrogens with zero attached hydrogens (tertiary/aromatic N) is 3. The van der Waals surface area contributed by atoms with E-state index in [4.69, 9.17) is 0 Å². The molecule has 2 heterocycles. The van der Waals surface area contributed by atoms with Gasteiger partial charge in [0.25, 0.3) is 0 Å². The molecular formula is C12H21N5O. The second-order valence-corrected chi connectivity index (χ2v) is 4.50. The van der Waals surface area contributed by atoms with Crippen LogP contribution in [0.1, 0.15) is 6.42 Å². The highest BCUT2D eigenvalue weighted by Crippen LogP contribution is 1.92. The van der Waals surface area contributed by atoms with E-state index in [1.54, 1.807) is 6.20 Å². The molecule has 0 saturated carbocycles. The van der Waals surface area contributed by atoms with Gasteiger partial charge in [-0.15, -0.1) is 0 Å². The first kappa shape index (κ1) is 13.0. The summed E-state index contributed by atoms with van der Waals surface area (Å²) in [7, 11) is 0. The third kappa shape index (κ3) is 4.46. The molecule has 2 rings (SSSR count). The summed E-state index contributed by atoms with van der Waals surface area (Å²) >= 11 is 0. The number of hydrogen-bond acceptors (Lipinski definition) is 4. The van der Waals surface area contributed by atoms with Gasteiger partial charge in [0.2, 0.25) is 5.91 Å². The number of carbonyl (C=O) groups is 1. The number of rotatable bonds is 6. The van der Waals surface area contributed by atoms with Crippen molar-refractivity contribution in [1.82, 2.24) is 25.3 Å². The Labute approximate surface area is 107 Å². The predicted molar refractivity (Wildman–Crippen MR) is 69.2 cm³/mol. The van der Waals surface area contributed by atoms with Gasteiger partial charge in [-0.3, -0.25) is 14.4 Å². The molecule has 1 aromatic rings. The number of aryl methyl sites for hydroxylation is 1. The molecule has 0 radical (unpaired) electrons. The summed E-state index contributed by atoms with van der Waals surface area (Å²) in [4.78, 5) is 13.9. The zero-order chi connectivity index (χ0) is 12.6. The van der Waals surface area contributed by atoms with Gasteiger partial charge in [-0.25, -0.2) is 0 Å². The fourth-order valence-electron chi connectivity index (χ4n) is 2.03. The maximum Gasteiger partial charge on any atom is 0.234 e. The van der Waals surface area contributed by atoms with E-state index in [1.807, 2.05) is 16.9 Å². The number of aromatic nitrogens is 2. The lowest BCUT2D eigenvalue weighted by Crippen LogP contribution is -2.47. The van der Waals surface area contributed by atoms with Crippen LogP contribution in [0, 0.1) is 0 Å². The van der Waals surface area contributed by atoms with Crippen molar-refractivity contribution in [2.45, 2.75) is 13.0 Å². The van der Waals surface area contributed by atoms with E-state index in [9.17, 15) is 4.79 Å². The SMILES string of the molecule is O=C(CN1CCNCC1)NCCCn1cccn1. The van der Waals surface area contributed by atoms with Crippen molar-refractivity contribution in [2.75, 3.05) is 39.3 Å². The quantitative estimate of drug-likeness (QED) is 0.656. The van der Waals surface area contributed by atoms with E-state index in [-0.39, 0.29) is 5.91 Å². The van der Waals surface area contributed by atoms with E-state index in [0.29, 0.717) is 13.1 Å². The van der Waals surface area contributed by atoms with Gasteiger partial charge in [0, 0.05) is 51.7 Å². The van der Waals surface area contributed by atoms with Crippen LogP contribution in [0.25, 0.3) is 0 Å². The molecule has 6 heteroatoms. The Balaban J connectivity index is 1.54. The lowest BCUT2D eigenvalue weighted by Gasteiger charge is -2.26. The molecule has 1 saturated heterocycles. The van der Waals surface area contributed by atoms with Crippen LogP contribution < -0.4 is 10.6 Å². The minimum Gasteiger partial charge on any atom is -0.355 e. The van der Waals surface area contributed by atoms with Gasteiger partial charge in [0.1, 0.15) is 0 Å². The van der Waals surface area contributed by atoms with Gasteiger partial charge < -0.3 is 10.6 Å². The minimum atomic E-state index is 0.123. The second kappa shape index (κ2) is 7.13. The highest BCUT2D eigenvalue weighted by molar-refractivity contribution is 5.77. The lowest BCUT2D eigenvalue weighted by molar-refractivity contribution is -0.122. The molecule has 1 aliphatic heterocycles. The van der Waals surface area contributed by atoms with Crippen molar-refractivity contribution >= 4 is 5.91 Å². The highest BCUT2D eigenvalue weighted by atomic mass is 16.2. The van der Waals surface area contributed by atoms with Gasteiger partial charge in [-0.05, 0) is 12.5 Å². The van der Waals surface area contributed by atoms with E-state index in [0.717, 1.165) is 39.1 Å². The Morgan fingerprint density at radius 3 is 2.94 bits per heavy atom. The third-order valence-corrected chi connectivity index (χ3v) is 3.02. The normalized spacial score (nSPS) is 16.7. The molecule has 1 aliphatic rings. The molecule has 0 atom stereocenters. The molecule has 1 fully saturated rings. The smallest absolute Gasteiger partial charge is 0.234 e. The molecule has 100 valence electrons. The molecule has 0 spiro atoms. The molecule has 1 aromatic heterocycles. The van der Waals surface area contributed by atoms with Crippen LogP contribution in [0.15, 0.2) is 18.5 Å². The summed E-state index contributed by atoms with van der Waals surface area (Å²) in [6.07, 6.45) is 4.61. The van der Waals surface area contributed by atoms with Gasteiger partial charge >= 0.3 is 0 Å². The fourth-order valence-corrected chi connectivity index (χ4v) is 2.03. The van der Waals surface area contributed by atoms with Gasteiger partial charge in [0.05, 0.1) is 6.54 Å². The van der Waals surface area contributed by atoms with Crippen LogP contribution >= 0.6 is 0 Å². The van der Waals surface area contributed by atoms with Crippen molar-refractivity contribution in [3.8, 4) is 0 Å². The van der Waals surface area contributed by atoms with Crippen molar-refractivity contribution in [2.24, 2.45) is 0 Å². The van der Waals surface area contributed by atoms with Crippen molar-refractivity contribution in [1.29, 1.82) is 0 Å². The Morgan fingerprint density at radius 2 is 2.22 bits per heavy atom. The Kier molecular flexibility index (Phi) is 5.16. The van der Waals surface area contributed by atoms with Crippen molar-refractivity contribution in [3.63, 3.8) is 0 Å². The van der Waals surface area contributed by atoms with Gasteiger partial charge in [-0.2, -0.15) is 5.10 Å². The standard InChI is InChI=1S/C12H21N5O/c18-12(11-16-9-5-13-6-10-16)14-3-1-7-17-8-2-4-15-17/h2,4,8,13H,1,3,5-7,9-11H2,(H,14,18). The average molecular weight is 251 g/mol. The Morgan fingerprint density at radius 1 is 1.39 bits per heavy atom. The summed E-state index contributed by atoms with van der Waals surface area (Å²) in [6.45, 7) is 5.95. The molecule has 0 aliphatic carbocycles. The fraction of sp³-hybridized carbons (Fsp3) is 0.667. The first-order valence-corrected chi connectivity index (χ1v) is 6.52. The molecule has 0 aromatic carbocycles. The van der Waals surface area contributed by atoms with Crippen LogP contribution in [-0.4, -0.2) is 59.9 Å². The molecular weight excluding hydrogens is 230 g/mol. The van der Waals surface area contributed by atoms with Gasteiger partial charge in [0.15, 0.2) is 0 Å². The summed E-state index contributed by atoms with van der Waals surface area (Å²) in [5, 5.41) is 10.3. The zero-order valence-corrected chi connectivity index (χ0v) is 10.6. The number of carbonyl (C=O) groups excluding carboxylic acids is 1. The van der Waals surface area contributed by atoms with Crippen LogP contribution in [0.5, 0.6) is 0 Å². The average Bonchev–Trinajstić information content (AvgIpc) is 2.89. The maximum atomic E-state index is 11.7. The molecule has 6 nitrogen and oxygen atoms in total. The first-order valence-electron chi connectivity index (χ1n) is 6.52. The van der Waals surface area contributed by atoms with Crippen LogP contribution in [0.2, 0.25) is 0 Å². The molecule has 0 bridgehead atoms. The van der Waals surface area contributed by atoms with Gasteiger partial charge in [-0.1, -0.05) is 0 Å². The molecule has 1 amide bonds. The molecule has 0 unspecified atom stereocenters. The largest absolute Gasteiger partial charge is 0.355 e. The van der Waals surface area contributed by atoms with E-state index in [2.05, 4.69) is 20.6 Å². The van der Waals surface area contributed by atoms with Crippen LogP contribution in [0.3, 0.4) is 0 Å². The summed E-state index contributed by atoms with van der Waals surface area (Å²) in [5.41, 5.74) is 0. The zero-order valence-electron chi connectivity index (χ0n) is 10.6. The maximum absolute atomic E-state index is 11.7. The number of amides is 1. The minimum absolute atomic E-state index is 0.123. The highest BCUT2D eigenvalue weighted by Gasteiger charge is 2.12. The van der Waals surface area contributed by atoms with E-state index >= 15 is 0 Å². The third-order valence-electron chi connectivity index (χ3n) is 3.02. The van der Waals surface area contributed by atoms with Crippen LogP contribution in [0.4, 0.5) is 0 Å². The lowest BCUT2D eigenvalue weighted by atomic mass is 10.3. The van der Waals surface area contributed by atoms with E-state index < -0.39 is 0 Å². The topological polar surface area (TPSA) is 62.2 Å². The summed E-state index contributed by atoms with van der Waals surface area (Å²) < 4.78 is 1.88. The number of nitrogens with one attached hydrogen (secondary N) is 2. The van der Waals surface area contributed by atoms with Crippen molar-refractivity contribution in [3.05, 3.63) is 18.5 Å². The first-order chi connectivity index (χ1) is 8.84. The second-order valence-electron chi connectivity index (χ2n) is 4.50. The number of piperazine rings is 1. The summed E-state index contributed by atoms with van der Waals surface area (Å²) in [5.74, 6) is 0.123. The summed E-state index contributed by atoms with van der Waals surface area (Å²) in [6, 6.07) is 1.91. The molecule has 2 N–H and O–H groups in total. The Bertz CT molecular complexity index is 345. The van der Waals surface area contributed by atoms with Crippen LogP contribution in [-0.2, 0) is 11.3 Å².